The molecule has 3 heterocycles. The molecule has 0 spiro atoms. The molecule has 7 nitrogen and oxygen atoms in total. The summed E-state index contributed by atoms with van der Waals surface area (Å²) in [7, 11) is 4.03. The Hall–Kier alpha value is -3.58. The molecule has 1 aliphatic heterocycles. The Labute approximate surface area is 237 Å². The van der Waals surface area contributed by atoms with Crippen molar-refractivity contribution < 1.29 is 9.47 Å². The second kappa shape index (κ2) is 11.5. The molecule has 2 aromatic heterocycles. The third-order valence-corrected chi connectivity index (χ3v) is 8.67. The summed E-state index contributed by atoms with van der Waals surface area (Å²) in [5, 5.41) is 9.50. The molecule has 1 fully saturated rings. The summed E-state index contributed by atoms with van der Waals surface area (Å²) in [6.07, 6.45) is 6.68. The summed E-state index contributed by atoms with van der Waals surface area (Å²) in [5.74, 6) is 1.95. The van der Waals surface area contributed by atoms with Crippen LogP contribution in [0.5, 0.6) is 11.5 Å². The van der Waals surface area contributed by atoms with Crippen LogP contribution in [-0.2, 0) is 33.6 Å². The van der Waals surface area contributed by atoms with Crippen LogP contribution < -0.4 is 9.47 Å². The predicted octanol–water partition coefficient (Wildman–Crippen LogP) is 6.23. The molecule has 40 heavy (non-hydrogen) atoms. The van der Waals surface area contributed by atoms with E-state index in [1.165, 1.54) is 22.5 Å². The van der Waals surface area contributed by atoms with Crippen LogP contribution in [0.2, 0.25) is 0 Å². The number of fused-ring (bicyclic) bond motifs is 1. The van der Waals surface area contributed by atoms with Crippen LogP contribution in [0, 0.1) is 13.8 Å². The average Bonchev–Trinajstić information content (AvgIpc) is 3.46. The number of benzene rings is 2. The zero-order valence-corrected chi connectivity index (χ0v) is 24.2. The Morgan fingerprint density at radius 3 is 2.08 bits per heavy atom. The van der Waals surface area contributed by atoms with Gasteiger partial charge >= 0.3 is 0 Å². The highest BCUT2D eigenvalue weighted by Crippen LogP contribution is 2.37. The first kappa shape index (κ1) is 26.6. The largest absolute Gasteiger partial charge is 0.490 e. The second-order valence-electron chi connectivity index (χ2n) is 11.6. The van der Waals surface area contributed by atoms with Crippen LogP contribution in [-0.4, -0.2) is 36.6 Å². The van der Waals surface area contributed by atoms with Crippen LogP contribution in [0.4, 0.5) is 0 Å². The highest BCUT2D eigenvalue weighted by molar-refractivity contribution is 5.42. The van der Waals surface area contributed by atoms with E-state index in [-0.39, 0.29) is 12.2 Å². The molecule has 0 amide bonds. The minimum atomic E-state index is 0.128. The van der Waals surface area contributed by atoms with Gasteiger partial charge in [0, 0.05) is 44.6 Å². The lowest BCUT2D eigenvalue weighted by Crippen LogP contribution is -2.39. The zero-order valence-electron chi connectivity index (χ0n) is 24.2. The van der Waals surface area contributed by atoms with Gasteiger partial charge in [0.05, 0.1) is 17.5 Å². The normalized spacial score (nSPS) is 20.8. The molecule has 210 valence electrons. The topological polar surface area (TPSA) is 57.3 Å². The third kappa shape index (κ3) is 5.94. The second-order valence-corrected chi connectivity index (χ2v) is 11.6. The quantitative estimate of drug-likeness (QED) is 0.266. The minimum Gasteiger partial charge on any atom is -0.490 e. The lowest BCUT2D eigenvalue weighted by atomic mass is 9.91. The van der Waals surface area contributed by atoms with Gasteiger partial charge in [0.15, 0.2) is 0 Å². The van der Waals surface area contributed by atoms with E-state index in [0.29, 0.717) is 6.04 Å². The van der Waals surface area contributed by atoms with Gasteiger partial charge in [-0.1, -0.05) is 30.3 Å². The molecule has 0 bridgehead atoms. The molecular weight excluding hydrogens is 498 g/mol. The van der Waals surface area contributed by atoms with E-state index in [4.69, 9.17) is 19.7 Å². The standard InChI is InChI=1S/C33H41N5O2/c1-23-18-27(34-36(23)3)21-38(22-28-19-24(2)37(4)35-28)29-11-13-30(14-12-29)39-31-15-17-33-26(20-31)10-16-32(40-33)25-8-6-5-7-9-25/h5-9,15,17-20,29-30,32H,10-14,16,21-22H2,1-4H3/t29-,30-,32?. The van der Waals surface area contributed by atoms with Crippen LogP contribution in [0.15, 0.2) is 60.7 Å². The first-order chi connectivity index (χ1) is 19.4. The molecule has 1 unspecified atom stereocenters. The smallest absolute Gasteiger partial charge is 0.124 e. The van der Waals surface area contributed by atoms with Gasteiger partial charge in [-0.3, -0.25) is 14.3 Å². The molecule has 6 rings (SSSR count). The first-order valence-electron chi connectivity index (χ1n) is 14.7. The Morgan fingerprint density at radius 1 is 0.825 bits per heavy atom. The molecular formula is C33H41N5O2. The fraction of sp³-hybridized carbons (Fsp3) is 0.455. The summed E-state index contributed by atoms with van der Waals surface area (Å²) in [6, 6.07) is 21.8. The van der Waals surface area contributed by atoms with Crippen molar-refractivity contribution in [3.05, 3.63) is 94.6 Å². The van der Waals surface area contributed by atoms with E-state index < -0.39 is 0 Å². The van der Waals surface area contributed by atoms with E-state index in [0.717, 1.165) is 74.5 Å². The molecule has 1 atom stereocenters. The van der Waals surface area contributed by atoms with Crippen LogP contribution in [0.25, 0.3) is 0 Å². The molecule has 0 radical (unpaired) electrons. The molecule has 2 aliphatic rings. The number of nitrogens with zero attached hydrogens (tertiary/aromatic N) is 5. The first-order valence-corrected chi connectivity index (χ1v) is 14.7. The molecule has 0 saturated heterocycles. The van der Waals surface area contributed by atoms with Crippen LogP contribution >= 0.6 is 0 Å². The van der Waals surface area contributed by atoms with E-state index in [2.05, 4.69) is 79.4 Å². The zero-order chi connectivity index (χ0) is 27.6. The number of aryl methyl sites for hydroxylation is 5. The van der Waals surface area contributed by atoms with E-state index in [9.17, 15) is 0 Å². The van der Waals surface area contributed by atoms with Gasteiger partial charge in [-0.25, -0.2) is 0 Å². The molecule has 2 aromatic carbocycles. The summed E-state index contributed by atoms with van der Waals surface area (Å²) >= 11 is 0. The van der Waals surface area contributed by atoms with Crippen molar-refractivity contribution in [3.63, 3.8) is 0 Å². The van der Waals surface area contributed by atoms with Crippen molar-refractivity contribution >= 4 is 0 Å². The fourth-order valence-electron chi connectivity index (χ4n) is 6.22. The van der Waals surface area contributed by atoms with Crippen molar-refractivity contribution in [2.45, 2.75) is 83.7 Å². The van der Waals surface area contributed by atoms with Gasteiger partial charge < -0.3 is 9.47 Å². The average molecular weight is 540 g/mol. The number of rotatable bonds is 8. The summed E-state index contributed by atoms with van der Waals surface area (Å²) < 4.78 is 16.8. The maximum Gasteiger partial charge on any atom is 0.124 e. The number of aromatic nitrogens is 4. The number of hydrogen-bond acceptors (Lipinski definition) is 5. The van der Waals surface area contributed by atoms with Gasteiger partial charge in [-0.15, -0.1) is 0 Å². The highest BCUT2D eigenvalue weighted by atomic mass is 16.5. The Balaban J connectivity index is 1.08. The Kier molecular flexibility index (Phi) is 7.65. The van der Waals surface area contributed by atoms with Gasteiger partial charge in [0.25, 0.3) is 0 Å². The maximum absolute atomic E-state index is 6.53. The Bertz CT molecular complexity index is 1350. The van der Waals surface area contributed by atoms with Crippen molar-refractivity contribution in [2.75, 3.05) is 0 Å². The van der Waals surface area contributed by atoms with Crippen LogP contribution in [0.1, 0.15) is 72.1 Å². The molecule has 7 heteroatoms. The molecule has 0 N–H and O–H groups in total. The van der Waals surface area contributed by atoms with Gasteiger partial charge in [0.2, 0.25) is 0 Å². The predicted molar refractivity (Wildman–Crippen MR) is 156 cm³/mol. The summed E-state index contributed by atoms with van der Waals surface area (Å²) in [6.45, 7) is 5.89. The SMILES string of the molecule is Cc1cc(CN(Cc2cc(C)n(C)n2)[C@H]2CC[C@H](Oc3ccc4c(c3)CCC(c3ccccc3)O4)CC2)nn1C. The van der Waals surface area contributed by atoms with Gasteiger partial charge in [0.1, 0.15) is 17.6 Å². The van der Waals surface area contributed by atoms with Gasteiger partial charge in [-0.05, 0) is 93.8 Å². The Morgan fingerprint density at radius 2 is 1.48 bits per heavy atom. The lowest BCUT2D eigenvalue weighted by Gasteiger charge is -2.36. The summed E-state index contributed by atoms with van der Waals surface area (Å²) in [4.78, 5) is 2.57. The highest BCUT2D eigenvalue weighted by Gasteiger charge is 2.29. The van der Waals surface area contributed by atoms with Crippen molar-refractivity contribution in [2.24, 2.45) is 14.1 Å². The fourth-order valence-corrected chi connectivity index (χ4v) is 6.22. The third-order valence-electron chi connectivity index (χ3n) is 8.67. The van der Waals surface area contributed by atoms with Crippen molar-refractivity contribution in [3.8, 4) is 11.5 Å². The monoisotopic (exact) mass is 539 g/mol. The number of ether oxygens (including phenoxy) is 2. The van der Waals surface area contributed by atoms with Crippen LogP contribution in [0.3, 0.4) is 0 Å². The summed E-state index contributed by atoms with van der Waals surface area (Å²) in [5.41, 5.74) is 7.11. The molecule has 1 saturated carbocycles. The van der Waals surface area contributed by atoms with Crippen molar-refractivity contribution in [1.29, 1.82) is 0 Å². The molecule has 1 aliphatic carbocycles. The van der Waals surface area contributed by atoms with Gasteiger partial charge in [-0.2, -0.15) is 10.2 Å². The van der Waals surface area contributed by atoms with E-state index in [1.54, 1.807) is 0 Å². The van der Waals surface area contributed by atoms with E-state index >= 15 is 0 Å². The minimum absolute atomic E-state index is 0.128. The molecule has 4 aromatic rings. The van der Waals surface area contributed by atoms with E-state index in [1.807, 2.05) is 23.5 Å². The van der Waals surface area contributed by atoms with Crippen molar-refractivity contribution in [1.82, 2.24) is 24.5 Å². The lowest BCUT2D eigenvalue weighted by molar-refractivity contribution is 0.0776. The number of hydrogen-bond donors (Lipinski definition) is 0. The maximum atomic E-state index is 6.53.